The summed E-state index contributed by atoms with van der Waals surface area (Å²) in [6, 6.07) is -0.487. The molecular weight excluding hydrogens is 170 g/mol. The van der Waals surface area contributed by atoms with Crippen molar-refractivity contribution in [3.05, 3.63) is 0 Å². The number of hydrogen-bond acceptors (Lipinski definition) is 3. The number of amidine groups is 1. The molecule has 0 saturated carbocycles. The van der Waals surface area contributed by atoms with Crippen LogP contribution >= 0.6 is 0 Å². The van der Waals surface area contributed by atoms with Crippen molar-refractivity contribution >= 4 is 11.7 Å². The number of aliphatic imine (C=N–C) groups is 1. The molecule has 1 amide bonds. The maximum atomic E-state index is 11.0. The van der Waals surface area contributed by atoms with Crippen LogP contribution in [0, 0.1) is 5.41 Å². The van der Waals surface area contributed by atoms with Gasteiger partial charge in [-0.1, -0.05) is 20.8 Å². The van der Waals surface area contributed by atoms with Crippen molar-refractivity contribution in [2.75, 3.05) is 6.61 Å². The molecule has 5 heteroatoms. The minimum absolute atomic E-state index is 0.205. The van der Waals surface area contributed by atoms with Gasteiger partial charge in [-0.15, -0.1) is 0 Å². The van der Waals surface area contributed by atoms with Gasteiger partial charge in [0.05, 0.1) is 0 Å². The molecule has 0 spiro atoms. The van der Waals surface area contributed by atoms with Crippen LogP contribution in [0.25, 0.3) is 0 Å². The summed E-state index contributed by atoms with van der Waals surface area (Å²) in [5, 5.41) is 0. The van der Waals surface area contributed by atoms with Gasteiger partial charge >= 0.3 is 0 Å². The number of rotatable bonds is 1. The summed E-state index contributed by atoms with van der Waals surface area (Å²) >= 11 is 0. The summed E-state index contributed by atoms with van der Waals surface area (Å²) in [7, 11) is 0. The second-order valence-corrected chi connectivity index (χ2v) is 4.06. The smallest absolute Gasteiger partial charge is 0.270 e. The van der Waals surface area contributed by atoms with E-state index >= 15 is 0 Å². The molecule has 1 atom stereocenters. The van der Waals surface area contributed by atoms with Gasteiger partial charge in [0.2, 0.25) is 0 Å². The zero-order chi connectivity index (χ0) is 10.1. The van der Waals surface area contributed by atoms with E-state index in [4.69, 9.17) is 10.6 Å². The van der Waals surface area contributed by atoms with Crippen LogP contribution in [-0.2, 0) is 9.63 Å². The van der Waals surface area contributed by atoms with Crippen LogP contribution in [0.3, 0.4) is 0 Å². The molecule has 3 N–H and O–H groups in total. The normalized spacial score (nSPS) is 24.7. The lowest BCUT2D eigenvalue weighted by atomic mass is 9.95. The summed E-state index contributed by atoms with van der Waals surface area (Å²) < 4.78 is 0. The van der Waals surface area contributed by atoms with E-state index in [1.807, 2.05) is 20.8 Å². The highest BCUT2D eigenvalue weighted by Gasteiger charge is 2.27. The van der Waals surface area contributed by atoms with Gasteiger partial charge in [0.15, 0.2) is 6.04 Å². The Morgan fingerprint density at radius 1 is 1.69 bits per heavy atom. The number of carbonyl (C=O) groups is 1. The van der Waals surface area contributed by atoms with Gasteiger partial charge in [-0.25, -0.2) is 5.48 Å². The Morgan fingerprint density at radius 3 is 2.69 bits per heavy atom. The van der Waals surface area contributed by atoms with Crippen molar-refractivity contribution in [3.63, 3.8) is 0 Å². The molecule has 1 fully saturated rings. The van der Waals surface area contributed by atoms with E-state index in [0.717, 1.165) is 0 Å². The third-order valence-corrected chi connectivity index (χ3v) is 1.78. The van der Waals surface area contributed by atoms with E-state index in [1.54, 1.807) is 0 Å². The summed E-state index contributed by atoms with van der Waals surface area (Å²) in [5.74, 6) is 0.241. The van der Waals surface area contributed by atoms with Gasteiger partial charge in [-0.2, -0.15) is 0 Å². The molecule has 1 aliphatic heterocycles. The zero-order valence-corrected chi connectivity index (χ0v) is 8.13. The molecule has 0 bridgehead atoms. The van der Waals surface area contributed by atoms with Crippen molar-refractivity contribution in [2.45, 2.75) is 26.8 Å². The molecule has 1 heterocycles. The summed E-state index contributed by atoms with van der Waals surface area (Å²) in [5.41, 5.74) is 7.73. The van der Waals surface area contributed by atoms with Crippen molar-refractivity contribution < 1.29 is 9.63 Å². The molecule has 1 saturated heterocycles. The maximum Gasteiger partial charge on any atom is 0.270 e. The molecule has 1 aliphatic rings. The van der Waals surface area contributed by atoms with Gasteiger partial charge in [0, 0.05) is 5.41 Å². The van der Waals surface area contributed by atoms with Crippen LogP contribution in [0.1, 0.15) is 20.8 Å². The van der Waals surface area contributed by atoms with Gasteiger partial charge in [0.1, 0.15) is 12.4 Å². The quantitative estimate of drug-likeness (QED) is 0.439. The Hall–Kier alpha value is -1.10. The zero-order valence-electron chi connectivity index (χ0n) is 8.13. The van der Waals surface area contributed by atoms with Crippen molar-refractivity contribution in [3.8, 4) is 0 Å². The third-order valence-electron chi connectivity index (χ3n) is 1.78. The van der Waals surface area contributed by atoms with E-state index < -0.39 is 6.04 Å². The van der Waals surface area contributed by atoms with E-state index in [9.17, 15) is 4.79 Å². The molecule has 74 valence electrons. The van der Waals surface area contributed by atoms with Crippen LogP contribution < -0.4 is 11.2 Å². The van der Waals surface area contributed by atoms with Gasteiger partial charge in [-0.05, 0) is 0 Å². The highest BCUT2D eigenvalue weighted by molar-refractivity contribution is 5.90. The standard InChI is InChI=1S/C8H15N3O2/c1-8(2,3)7(9)10-5-4-13-11-6(5)12/h5H,4H2,1-3H3,(H2,9,10)(H,11,12). The van der Waals surface area contributed by atoms with Crippen LogP contribution in [0.5, 0.6) is 0 Å². The number of nitrogens with zero attached hydrogens (tertiary/aromatic N) is 1. The summed E-state index contributed by atoms with van der Waals surface area (Å²) in [6.45, 7) is 6.09. The fraction of sp³-hybridized carbons (Fsp3) is 0.750. The fourth-order valence-electron chi connectivity index (χ4n) is 0.793. The molecule has 5 nitrogen and oxygen atoms in total. The van der Waals surface area contributed by atoms with Gasteiger partial charge in [0.25, 0.3) is 5.91 Å². The lowest BCUT2D eigenvalue weighted by Gasteiger charge is -2.18. The highest BCUT2D eigenvalue weighted by Crippen LogP contribution is 2.14. The fourth-order valence-corrected chi connectivity index (χ4v) is 0.793. The largest absolute Gasteiger partial charge is 0.387 e. The molecular formula is C8H15N3O2. The van der Waals surface area contributed by atoms with Crippen molar-refractivity contribution in [2.24, 2.45) is 16.1 Å². The number of amides is 1. The SMILES string of the molecule is CC(C)(C)C(N)=NC1CONC1=O. The van der Waals surface area contributed by atoms with Gasteiger partial charge in [-0.3, -0.25) is 14.6 Å². The second-order valence-electron chi connectivity index (χ2n) is 4.06. The lowest BCUT2D eigenvalue weighted by molar-refractivity contribution is -0.124. The topological polar surface area (TPSA) is 76.7 Å². The molecule has 1 unspecified atom stereocenters. The number of hydroxylamine groups is 1. The van der Waals surface area contributed by atoms with Gasteiger partial charge < -0.3 is 5.73 Å². The molecule has 0 aromatic carbocycles. The average Bonchev–Trinajstić information content (AvgIpc) is 2.34. The molecule has 1 rings (SSSR count). The molecule has 0 aromatic heterocycles. The van der Waals surface area contributed by atoms with Crippen LogP contribution in [0.4, 0.5) is 0 Å². The first-order valence-corrected chi connectivity index (χ1v) is 4.16. The predicted molar refractivity (Wildman–Crippen MR) is 49.0 cm³/mol. The Balaban J connectivity index is 2.70. The average molecular weight is 185 g/mol. The molecule has 0 radical (unpaired) electrons. The molecule has 13 heavy (non-hydrogen) atoms. The minimum Gasteiger partial charge on any atom is -0.387 e. The Kier molecular flexibility index (Phi) is 2.56. The predicted octanol–water partition coefficient (Wildman–Crippen LogP) is -0.180. The Morgan fingerprint density at radius 2 is 2.31 bits per heavy atom. The van der Waals surface area contributed by atoms with E-state index in [-0.39, 0.29) is 17.9 Å². The van der Waals surface area contributed by atoms with Crippen LogP contribution in [0.15, 0.2) is 4.99 Å². The van der Waals surface area contributed by atoms with Crippen molar-refractivity contribution in [1.29, 1.82) is 0 Å². The van der Waals surface area contributed by atoms with Crippen molar-refractivity contribution in [1.82, 2.24) is 5.48 Å². The first-order valence-electron chi connectivity index (χ1n) is 4.16. The third kappa shape index (κ3) is 2.42. The number of nitrogens with one attached hydrogen (secondary N) is 1. The maximum absolute atomic E-state index is 11.0. The summed E-state index contributed by atoms with van der Waals surface area (Å²) in [4.78, 5) is 19.8. The lowest BCUT2D eigenvalue weighted by Crippen LogP contribution is -2.33. The number of nitrogens with two attached hydrogens (primary N) is 1. The first kappa shape index (κ1) is 9.98. The van der Waals surface area contributed by atoms with E-state index in [0.29, 0.717) is 5.84 Å². The highest BCUT2D eigenvalue weighted by atomic mass is 16.7. The Bertz CT molecular complexity index is 242. The monoisotopic (exact) mass is 185 g/mol. The van der Waals surface area contributed by atoms with E-state index in [1.165, 1.54) is 0 Å². The second kappa shape index (κ2) is 3.33. The van der Waals surface area contributed by atoms with Crippen LogP contribution in [-0.4, -0.2) is 24.4 Å². The molecule has 0 aliphatic carbocycles. The number of hydrogen-bond donors (Lipinski definition) is 2. The summed E-state index contributed by atoms with van der Waals surface area (Å²) in [6.07, 6.45) is 0. The van der Waals surface area contributed by atoms with E-state index in [2.05, 4.69) is 10.5 Å². The first-order chi connectivity index (χ1) is 5.91. The molecule has 0 aromatic rings. The minimum atomic E-state index is -0.487. The number of carbonyl (C=O) groups excluding carboxylic acids is 1. The Labute approximate surface area is 77.3 Å². The van der Waals surface area contributed by atoms with Crippen LogP contribution in [0.2, 0.25) is 0 Å².